The van der Waals surface area contributed by atoms with Gasteiger partial charge in [-0.15, -0.1) is 0 Å². The van der Waals surface area contributed by atoms with Crippen molar-refractivity contribution in [3.05, 3.63) is 35.4 Å². The van der Waals surface area contributed by atoms with Gasteiger partial charge in [-0.05, 0) is 75.2 Å². The minimum atomic E-state index is -0.0931. The Kier molecular flexibility index (Phi) is 5.25. The van der Waals surface area contributed by atoms with Gasteiger partial charge in [0.15, 0.2) is 0 Å². The van der Waals surface area contributed by atoms with Gasteiger partial charge >= 0.3 is 0 Å². The van der Waals surface area contributed by atoms with E-state index in [4.69, 9.17) is 0 Å². The van der Waals surface area contributed by atoms with E-state index in [0.717, 1.165) is 43.4 Å². The summed E-state index contributed by atoms with van der Waals surface area (Å²) in [4.78, 5) is 24.9. The molecular formula is C23H32N2O2. The van der Waals surface area contributed by atoms with Crippen molar-refractivity contribution in [1.29, 1.82) is 0 Å². The number of carbonyl (C=O) groups excluding carboxylic acids is 2. The molecule has 0 saturated heterocycles. The molecule has 4 saturated carbocycles. The number of rotatable bonds is 7. The lowest BCUT2D eigenvalue weighted by atomic mass is 9.49. The van der Waals surface area contributed by atoms with Crippen LogP contribution in [-0.4, -0.2) is 24.9 Å². The van der Waals surface area contributed by atoms with Crippen LogP contribution in [0.4, 0.5) is 0 Å². The molecule has 27 heavy (non-hydrogen) atoms. The van der Waals surface area contributed by atoms with E-state index in [9.17, 15) is 9.59 Å². The number of aryl methyl sites for hydroxylation is 2. The fourth-order valence-corrected chi connectivity index (χ4v) is 6.06. The van der Waals surface area contributed by atoms with E-state index < -0.39 is 0 Å². The van der Waals surface area contributed by atoms with E-state index in [1.165, 1.54) is 30.4 Å². The molecule has 2 amide bonds. The van der Waals surface area contributed by atoms with E-state index >= 15 is 0 Å². The molecule has 1 aromatic rings. The molecule has 2 N–H and O–H groups in total. The highest BCUT2D eigenvalue weighted by Gasteiger charge is 2.54. The zero-order chi connectivity index (χ0) is 18.9. The van der Waals surface area contributed by atoms with Crippen LogP contribution in [0.1, 0.15) is 56.1 Å². The predicted octanol–water partition coefficient (Wildman–Crippen LogP) is 3.38. The molecule has 0 aromatic heterocycles. The molecule has 1 aromatic carbocycles. The lowest BCUT2D eigenvalue weighted by Crippen LogP contribution is -2.54. The second kappa shape index (κ2) is 7.65. The zero-order valence-electron chi connectivity index (χ0n) is 16.4. The fourth-order valence-electron chi connectivity index (χ4n) is 6.06. The number of benzene rings is 1. The Morgan fingerprint density at radius 2 is 1.48 bits per heavy atom. The van der Waals surface area contributed by atoms with E-state index in [2.05, 4.69) is 41.8 Å². The highest BCUT2D eigenvalue weighted by molar-refractivity contribution is 5.83. The molecule has 4 nitrogen and oxygen atoms in total. The van der Waals surface area contributed by atoms with Gasteiger partial charge in [-0.2, -0.15) is 0 Å². The summed E-state index contributed by atoms with van der Waals surface area (Å²) in [5.74, 6) is 2.64. The summed E-state index contributed by atoms with van der Waals surface area (Å²) in [5, 5.41) is 6.06. The molecule has 146 valence electrons. The molecule has 4 fully saturated rings. The molecule has 0 heterocycles. The zero-order valence-corrected chi connectivity index (χ0v) is 16.4. The number of carbonyl (C=O) groups is 2. The first kappa shape index (κ1) is 18.5. The van der Waals surface area contributed by atoms with Crippen LogP contribution in [0.2, 0.25) is 0 Å². The SMILES string of the molecule is Cc1ccc(CCC(=O)NCCNC(=O)C23CC4CC(CC(C4)C2)C3)cc1. The van der Waals surface area contributed by atoms with E-state index in [-0.39, 0.29) is 17.2 Å². The van der Waals surface area contributed by atoms with Gasteiger partial charge < -0.3 is 10.6 Å². The molecule has 4 bridgehead atoms. The van der Waals surface area contributed by atoms with Gasteiger partial charge in [-0.3, -0.25) is 9.59 Å². The second-order valence-electron chi connectivity index (χ2n) is 9.29. The summed E-state index contributed by atoms with van der Waals surface area (Å²) in [6, 6.07) is 8.31. The molecule has 4 aliphatic rings. The Morgan fingerprint density at radius 3 is 2.07 bits per heavy atom. The maximum atomic E-state index is 12.9. The monoisotopic (exact) mass is 368 g/mol. The Hall–Kier alpha value is -1.84. The van der Waals surface area contributed by atoms with Crippen LogP contribution >= 0.6 is 0 Å². The largest absolute Gasteiger partial charge is 0.354 e. The Balaban J connectivity index is 1.16. The second-order valence-corrected chi connectivity index (χ2v) is 9.29. The van der Waals surface area contributed by atoms with Gasteiger partial charge in [0.1, 0.15) is 0 Å². The summed E-state index contributed by atoms with van der Waals surface area (Å²) in [7, 11) is 0. The molecule has 0 unspecified atom stereocenters. The smallest absolute Gasteiger partial charge is 0.226 e. The number of nitrogens with one attached hydrogen (secondary N) is 2. The van der Waals surface area contributed by atoms with Crippen LogP contribution in [-0.2, 0) is 16.0 Å². The predicted molar refractivity (Wildman–Crippen MR) is 106 cm³/mol. The Morgan fingerprint density at radius 1 is 0.926 bits per heavy atom. The molecular weight excluding hydrogens is 336 g/mol. The normalized spacial score (nSPS) is 30.9. The third-order valence-electron chi connectivity index (χ3n) is 7.01. The first-order chi connectivity index (χ1) is 13.0. The third-order valence-corrected chi connectivity index (χ3v) is 7.01. The molecule has 4 aliphatic carbocycles. The minimum Gasteiger partial charge on any atom is -0.354 e. The van der Waals surface area contributed by atoms with Crippen LogP contribution in [0.3, 0.4) is 0 Å². The van der Waals surface area contributed by atoms with Crippen LogP contribution in [0.25, 0.3) is 0 Å². The molecule has 4 heteroatoms. The topological polar surface area (TPSA) is 58.2 Å². The lowest BCUT2D eigenvalue weighted by molar-refractivity contribution is -0.146. The average molecular weight is 369 g/mol. The standard InChI is InChI=1S/C23H32N2O2/c1-16-2-4-17(5-3-16)6-7-21(26)24-8-9-25-22(27)23-13-18-10-19(14-23)12-20(11-18)15-23/h2-5,18-20H,6-15H2,1H3,(H,24,26)(H,25,27). The van der Waals surface area contributed by atoms with Crippen molar-refractivity contribution in [2.45, 2.75) is 58.3 Å². The average Bonchev–Trinajstić information content (AvgIpc) is 2.63. The molecule has 5 rings (SSSR count). The van der Waals surface area contributed by atoms with Crippen molar-refractivity contribution in [2.75, 3.05) is 13.1 Å². The van der Waals surface area contributed by atoms with Gasteiger partial charge in [0.25, 0.3) is 0 Å². The summed E-state index contributed by atoms with van der Waals surface area (Å²) in [6.07, 6.45) is 8.57. The van der Waals surface area contributed by atoms with Gasteiger partial charge in [-0.1, -0.05) is 29.8 Å². The van der Waals surface area contributed by atoms with Crippen molar-refractivity contribution in [3.63, 3.8) is 0 Å². The maximum Gasteiger partial charge on any atom is 0.226 e. The van der Waals surface area contributed by atoms with Crippen LogP contribution in [0.5, 0.6) is 0 Å². The van der Waals surface area contributed by atoms with Crippen molar-refractivity contribution in [3.8, 4) is 0 Å². The summed E-state index contributed by atoms with van der Waals surface area (Å²) in [6.45, 7) is 3.12. The maximum absolute atomic E-state index is 12.9. The Bertz CT molecular complexity index is 660. The van der Waals surface area contributed by atoms with Crippen LogP contribution in [0.15, 0.2) is 24.3 Å². The van der Waals surface area contributed by atoms with Gasteiger partial charge in [-0.25, -0.2) is 0 Å². The fraction of sp³-hybridized carbons (Fsp3) is 0.652. The van der Waals surface area contributed by atoms with Gasteiger partial charge in [0, 0.05) is 24.9 Å². The van der Waals surface area contributed by atoms with Crippen molar-refractivity contribution >= 4 is 11.8 Å². The number of hydrogen-bond acceptors (Lipinski definition) is 2. The van der Waals surface area contributed by atoms with Crippen molar-refractivity contribution in [1.82, 2.24) is 10.6 Å². The number of amides is 2. The summed E-state index contributed by atoms with van der Waals surface area (Å²) < 4.78 is 0. The van der Waals surface area contributed by atoms with Crippen LogP contribution in [0, 0.1) is 30.1 Å². The summed E-state index contributed by atoms with van der Waals surface area (Å²) in [5.41, 5.74) is 2.33. The molecule has 0 atom stereocenters. The quantitative estimate of drug-likeness (QED) is 0.725. The Labute approximate surface area is 162 Å². The van der Waals surface area contributed by atoms with Gasteiger partial charge in [0.2, 0.25) is 11.8 Å². The van der Waals surface area contributed by atoms with Gasteiger partial charge in [0.05, 0.1) is 0 Å². The minimum absolute atomic E-state index is 0.0552. The lowest BCUT2D eigenvalue weighted by Gasteiger charge is -2.55. The highest BCUT2D eigenvalue weighted by Crippen LogP contribution is 2.60. The van der Waals surface area contributed by atoms with Crippen molar-refractivity contribution < 1.29 is 9.59 Å². The van der Waals surface area contributed by atoms with E-state index in [0.29, 0.717) is 19.5 Å². The summed E-state index contributed by atoms with van der Waals surface area (Å²) >= 11 is 0. The third kappa shape index (κ3) is 4.20. The highest BCUT2D eigenvalue weighted by atomic mass is 16.2. The van der Waals surface area contributed by atoms with Crippen molar-refractivity contribution in [2.24, 2.45) is 23.2 Å². The van der Waals surface area contributed by atoms with E-state index in [1.807, 2.05) is 0 Å². The molecule has 0 radical (unpaired) electrons. The molecule has 0 aliphatic heterocycles. The first-order valence-electron chi connectivity index (χ1n) is 10.6. The number of hydrogen-bond donors (Lipinski definition) is 2. The first-order valence-corrected chi connectivity index (χ1v) is 10.6. The van der Waals surface area contributed by atoms with Crippen LogP contribution < -0.4 is 10.6 Å². The van der Waals surface area contributed by atoms with E-state index in [1.54, 1.807) is 0 Å². The molecule has 0 spiro atoms.